The number of ether oxygens (including phenoxy) is 1. The number of hydrogen-bond donors (Lipinski definition) is 1. The summed E-state index contributed by atoms with van der Waals surface area (Å²) >= 11 is 0. The van der Waals surface area contributed by atoms with Gasteiger partial charge in [-0.15, -0.1) is 0 Å². The Balaban J connectivity index is 2.25. The van der Waals surface area contributed by atoms with E-state index in [0.29, 0.717) is 0 Å². The lowest BCUT2D eigenvalue weighted by Gasteiger charge is -2.29. The lowest BCUT2D eigenvalue weighted by atomic mass is 9.84. The van der Waals surface area contributed by atoms with Crippen LogP contribution >= 0.6 is 0 Å². The first-order valence-corrected chi connectivity index (χ1v) is 6.54. The Morgan fingerprint density at radius 2 is 1.83 bits per heavy atom. The van der Waals surface area contributed by atoms with Crippen LogP contribution in [0.3, 0.4) is 0 Å². The molecule has 3 nitrogen and oxygen atoms in total. The van der Waals surface area contributed by atoms with Crippen molar-refractivity contribution in [3.05, 3.63) is 0 Å². The third kappa shape index (κ3) is 6.17. The van der Waals surface area contributed by atoms with Gasteiger partial charge in [-0.05, 0) is 52.4 Å². The molecule has 0 aromatic carbocycles. The highest BCUT2D eigenvalue weighted by atomic mass is 19.3. The van der Waals surface area contributed by atoms with Crippen LogP contribution in [-0.2, 0) is 4.74 Å². The molecule has 0 spiro atoms. The molecule has 0 aliphatic heterocycles. The molecule has 0 unspecified atom stereocenters. The minimum Gasteiger partial charge on any atom is -0.444 e. The van der Waals surface area contributed by atoms with Crippen molar-refractivity contribution in [1.29, 1.82) is 0 Å². The van der Waals surface area contributed by atoms with Crippen LogP contribution in [0.25, 0.3) is 0 Å². The van der Waals surface area contributed by atoms with Crippen LogP contribution in [0.2, 0.25) is 0 Å². The molecule has 0 aromatic rings. The van der Waals surface area contributed by atoms with Gasteiger partial charge in [0.1, 0.15) is 5.60 Å². The van der Waals surface area contributed by atoms with Gasteiger partial charge in [-0.1, -0.05) is 0 Å². The molecule has 106 valence electrons. The van der Waals surface area contributed by atoms with Crippen LogP contribution in [0.5, 0.6) is 0 Å². The molecule has 1 amide bonds. The fraction of sp³-hybridized carbons (Fsp3) is 0.923. The summed E-state index contributed by atoms with van der Waals surface area (Å²) in [7, 11) is 0. The molecular weight excluding hydrogens is 240 g/mol. The summed E-state index contributed by atoms with van der Waals surface area (Å²) in [6.45, 7) is 5.43. The predicted molar refractivity (Wildman–Crippen MR) is 65.7 cm³/mol. The third-order valence-corrected chi connectivity index (χ3v) is 3.08. The van der Waals surface area contributed by atoms with Crippen molar-refractivity contribution >= 4 is 6.09 Å². The number of hydrogen-bond acceptors (Lipinski definition) is 2. The molecule has 0 radical (unpaired) electrons. The molecule has 1 aliphatic carbocycles. The van der Waals surface area contributed by atoms with Crippen molar-refractivity contribution in [2.45, 2.75) is 70.9 Å². The van der Waals surface area contributed by atoms with Crippen LogP contribution in [0, 0.1) is 5.92 Å². The molecule has 1 saturated carbocycles. The molecule has 1 rings (SSSR count). The molecule has 1 aliphatic rings. The van der Waals surface area contributed by atoms with Gasteiger partial charge in [0, 0.05) is 12.5 Å². The maximum Gasteiger partial charge on any atom is 0.407 e. The molecule has 0 aromatic heterocycles. The summed E-state index contributed by atoms with van der Waals surface area (Å²) in [5.74, 6) is 0.0988. The van der Waals surface area contributed by atoms with Gasteiger partial charge < -0.3 is 10.1 Å². The Bertz CT molecular complexity index is 269. The molecular formula is C13H23F2NO2. The molecule has 0 saturated heterocycles. The van der Waals surface area contributed by atoms with Crippen molar-refractivity contribution in [3.63, 3.8) is 0 Å². The molecule has 1 fully saturated rings. The number of halogens is 2. The van der Waals surface area contributed by atoms with Gasteiger partial charge in [0.25, 0.3) is 0 Å². The molecule has 0 atom stereocenters. The molecule has 1 N–H and O–H groups in total. The van der Waals surface area contributed by atoms with Crippen molar-refractivity contribution in [2.24, 2.45) is 5.92 Å². The fourth-order valence-corrected chi connectivity index (χ4v) is 2.27. The summed E-state index contributed by atoms with van der Waals surface area (Å²) < 4.78 is 29.6. The van der Waals surface area contributed by atoms with Gasteiger partial charge in [-0.3, -0.25) is 0 Å². The summed E-state index contributed by atoms with van der Waals surface area (Å²) in [6.07, 6.45) is 0.382. The highest BCUT2D eigenvalue weighted by Crippen LogP contribution is 2.29. The fourth-order valence-electron chi connectivity index (χ4n) is 2.27. The van der Waals surface area contributed by atoms with E-state index < -0.39 is 18.1 Å². The minimum atomic E-state index is -2.22. The van der Waals surface area contributed by atoms with Crippen LogP contribution in [0.4, 0.5) is 13.6 Å². The molecule has 5 heteroatoms. The molecule has 18 heavy (non-hydrogen) atoms. The van der Waals surface area contributed by atoms with Crippen molar-refractivity contribution in [1.82, 2.24) is 5.32 Å². The number of nitrogens with one attached hydrogen (secondary N) is 1. The van der Waals surface area contributed by atoms with Gasteiger partial charge in [0.05, 0.1) is 0 Å². The van der Waals surface area contributed by atoms with E-state index >= 15 is 0 Å². The summed E-state index contributed by atoms with van der Waals surface area (Å²) in [5.41, 5.74) is -0.503. The van der Waals surface area contributed by atoms with Gasteiger partial charge in [0.2, 0.25) is 6.43 Å². The van der Waals surface area contributed by atoms with Gasteiger partial charge in [0.15, 0.2) is 0 Å². The van der Waals surface area contributed by atoms with Crippen LogP contribution in [-0.4, -0.2) is 24.2 Å². The summed E-state index contributed by atoms with van der Waals surface area (Å²) in [6, 6.07) is 0.0637. The van der Waals surface area contributed by atoms with E-state index in [4.69, 9.17) is 4.74 Å². The standard InChI is InChI=1S/C13H23F2NO2/c1-13(2,3)18-12(17)16-10-6-4-9(5-7-10)8-11(14)15/h9-11H,4-8H2,1-3H3,(H,16,17). The number of rotatable bonds is 3. The maximum atomic E-state index is 12.2. The first kappa shape index (κ1) is 15.2. The van der Waals surface area contributed by atoms with E-state index in [1.807, 2.05) is 20.8 Å². The largest absolute Gasteiger partial charge is 0.444 e. The lowest BCUT2D eigenvalue weighted by Crippen LogP contribution is -2.41. The topological polar surface area (TPSA) is 38.3 Å². The minimum absolute atomic E-state index is 0.0147. The van der Waals surface area contributed by atoms with Gasteiger partial charge in [-0.25, -0.2) is 13.6 Å². The smallest absolute Gasteiger partial charge is 0.407 e. The summed E-state index contributed by atoms with van der Waals surface area (Å²) in [5, 5.41) is 2.80. The Kier molecular flexibility index (Phi) is 5.35. The number of alkyl carbamates (subject to hydrolysis) is 1. The first-order valence-electron chi connectivity index (χ1n) is 6.54. The van der Waals surface area contributed by atoms with Crippen molar-refractivity contribution in [3.8, 4) is 0 Å². The third-order valence-electron chi connectivity index (χ3n) is 3.08. The molecule has 0 bridgehead atoms. The average molecular weight is 263 g/mol. The van der Waals surface area contributed by atoms with Crippen molar-refractivity contribution < 1.29 is 18.3 Å². The lowest BCUT2D eigenvalue weighted by molar-refractivity contribution is 0.0474. The maximum absolute atomic E-state index is 12.2. The highest BCUT2D eigenvalue weighted by molar-refractivity contribution is 5.68. The Labute approximate surface area is 107 Å². The van der Waals surface area contributed by atoms with Crippen molar-refractivity contribution in [2.75, 3.05) is 0 Å². The predicted octanol–water partition coefficient (Wildman–Crippen LogP) is 3.73. The van der Waals surface area contributed by atoms with Crippen LogP contribution in [0.15, 0.2) is 0 Å². The second kappa shape index (κ2) is 6.34. The Hall–Kier alpha value is -0.870. The monoisotopic (exact) mass is 263 g/mol. The Morgan fingerprint density at radius 3 is 2.28 bits per heavy atom. The second-order valence-electron chi connectivity index (χ2n) is 5.99. The van der Waals surface area contributed by atoms with Gasteiger partial charge in [-0.2, -0.15) is 0 Å². The van der Waals surface area contributed by atoms with Crippen LogP contribution < -0.4 is 5.32 Å². The SMILES string of the molecule is CC(C)(C)OC(=O)NC1CCC(CC(F)F)CC1. The normalized spacial score (nSPS) is 25.0. The van der Waals surface area contributed by atoms with Gasteiger partial charge >= 0.3 is 6.09 Å². The summed E-state index contributed by atoms with van der Waals surface area (Å²) in [4.78, 5) is 11.5. The quantitative estimate of drug-likeness (QED) is 0.842. The average Bonchev–Trinajstić information content (AvgIpc) is 2.17. The second-order valence-corrected chi connectivity index (χ2v) is 5.99. The van der Waals surface area contributed by atoms with E-state index in [9.17, 15) is 13.6 Å². The number of amides is 1. The van der Waals surface area contributed by atoms with Crippen LogP contribution in [0.1, 0.15) is 52.9 Å². The number of carbonyl (C=O) groups excluding carboxylic acids is 1. The zero-order chi connectivity index (χ0) is 13.8. The van der Waals surface area contributed by atoms with E-state index in [1.165, 1.54) is 0 Å². The van der Waals surface area contributed by atoms with E-state index in [0.717, 1.165) is 25.7 Å². The Morgan fingerprint density at radius 1 is 1.28 bits per heavy atom. The zero-order valence-corrected chi connectivity index (χ0v) is 11.3. The highest BCUT2D eigenvalue weighted by Gasteiger charge is 2.26. The van der Waals surface area contributed by atoms with E-state index in [2.05, 4.69) is 5.32 Å². The first-order chi connectivity index (χ1) is 8.26. The van der Waals surface area contributed by atoms with E-state index in [1.54, 1.807) is 0 Å². The zero-order valence-electron chi connectivity index (χ0n) is 11.3. The number of alkyl halides is 2. The molecule has 0 heterocycles. The number of carbonyl (C=O) groups is 1. The van der Waals surface area contributed by atoms with E-state index in [-0.39, 0.29) is 18.4 Å².